The topological polar surface area (TPSA) is 45.4 Å². The molecule has 0 aliphatic heterocycles. The molecule has 0 fully saturated rings. The minimum absolute atomic E-state index is 0.0825. The van der Waals surface area contributed by atoms with Crippen LogP contribution < -0.4 is 5.32 Å². The second-order valence-electron chi connectivity index (χ2n) is 4.80. The van der Waals surface area contributed by atoms with Crippen molar-refractivity contribution in [3.63, 3.8) is 0 Å². The summed E-state index contributed by atoms with van der Waals surface area (Å²) in [6.07, 6.45) is 2.32. The number of aliphatic hydroxyl groups is 1. The fraction of sp³-hybridized carbons (Fsp3) is 0.692. The van der Waals surface area contributed by atoms with Gasteiger partial charge in [-0.3, -0.25) is 0 Å². The van der Waals surface area contributed by atoms with Crippen LogP contribution in [0.5, 0.6) is 0 Å². The van der Waals surface area contributed by atoms with E-state index in [1.165, 1.54) is 0 Å². The van der Waals surface area contributed by atoms with Gasteiger partial charge in [0.25, 0.3) is 0 Å². The van der Waals surface area contributed by atoms with E-state index >= 15 is 0 Å². The van der Waals surface area contributed by atoms with Gasteiger partial charge in [0.2, 0.25) is 0 Å². The third-order valence-corrected chi connectivity index (χ3v) is 3.60. The zero-order valence-corrected chi connectivity index (χ0v) is 10.7. The molecule has 3 unspecified atom stereocenters. The van der Waals surface area contributed by atoms with Crippen LogP contribution in [-0.4, -0.2) is 17.8 Å². The van der Waals surface area contributed by atoms with E-state index < -0.39 is 0 Å². The summed E-state index contributed by atoms with van der Waals surface area (Å²) in [6, 6.07) is 4.03. The average molecular weight is 225 g/mol. The van der Waals surface area contributed by atoms with Crippen molar-refractivity contribution in [3.05, 3.63) is 24.2 Å². The molecule has 0 amide bonds. The summed E-state index contributed by atoms with van der Waals surface area (Å²) >= 11 is 0. The number of rotatable bonds is 6. The molecule has 0 aliphatic rings. The third-order valence-electron chi connectivity index (χ3n) is 3.60. The molecule has 0 saturated carbocycles. The van der Waals surface area contributed by atoms with Crippen LogP contribution in [0.4, 0.5) is 0 Å². The number of aliphatic hydroxyl groups excluding tert-OH is 1. The van der Waals surface area contributed by atoms with Crippen molar-refractivity contribution in [2.24, 2.45) is 5.41 Å². The quantitative estimate of drug-likeness (QED) is 0.782. The van der Waals surface area contributed by atoms with E-state index in [0.717, 1.165) is 18.7 Å². The Morgan fingerprint density at radius 3 is 2.62 bits per heavy atom. The first kappa shape index (κ1) is 13.3. The van der Waals surface area contributed by atoms with E-state index in [9.17, 15) is 5.11 Å². The van der Waals surface area contributed by atoms with Crippen molar-refractivity contribution in [1.29, 1.82) is 0 Å². The minimum Gasteiger partial charge on any atom is -0.468 e. The fourth-order valence-electron chi connectivity index (χ4n) is 1.59. The lowest BCUT2D eigenvalue weighted by Crippen LogP contribution is -2.40. The Kier molecular flexibility index (Phi) is 4.56. The molecule has 16 heavy (non-hydrogen) atoms. The Bertz CT molecular complexity index is 295. The minimum atomic E-state index is -0.311. The molecule has 0 bridgehead atoms. The molecule has 3 nitrogen and oxygen atoms in total. The van der Waals surface area contributed by atoms with Gasteiger partial charge in [-0.25, -0.2) is 0 Å². The Labute approximate surface area is 97.9 Å². The van der Waals surface area contributed by atoms with Gasteiger partial charge in [-0.05, 0) is 32.4 Å². The number of hydrogen-bond donors (Lipinski definition) is 2. The molecule has 0 aromatic carbocycles. The van der Waals surface area contributed by atoms with E-state index in [1.54, 1.807) is 6.26 Å². The van der Waals surface area contributed by atoms with Crippen molar-refractivity contribution in [3.8, 4) is 0 Å². The van der Waals surface area contributed by atoms with Gasteiger partial charge < -0.3 is 14.8 Å². The molecule has 0 aliphatic carbocycles. The largest absolute Gasteiger partial charge is 0.468 e. The molecular weight excluding hydrogens is 202 g/mol. The molecule has 1 aromatic heterocycles. The van der Waals surface area contributed by atoms with Gasteiger partial charge in [0.05, 0.1) is 18.4 Å². The maximum absolute atomic E-state index is 9.75. The van der Waals surface area contributed by atoms with Crippen molar-refractivity contribution in [2.45, 2.75) is 46.3 Å². The zero-order valence-electron chi connectivity index (χ0n) is 10.7. The molecular formula is C13H23NO2. The number of nitrogens with one attached hydrogen (secondary N) is 1. The molecule has 0 radical (unpaired) electrons. The molecule has 1 heterocycles. The molecule has 1 aromatic rings. The molecule has 1 rings (SSSR count). The fourth-order valence-corrected chi connectivity index (χ4v) is 1.59. The Hall–Kier alpha value is -0.800. The number of hydrogen-bond acceptors (Lipinski definition) is 3. The van der Waals surface area contributed by atoms with Crippen molar-refractivity contribution in [2.75, 3.05) is 6.54 Å². The highest BCUT2D eigenvalue weighted by atomic mass is 16.3. The Morgan fingerprint density at radius 1 is 1.50 bits per heavy atom. The summed E-state index contributed by atoms with van der Waals surface area (Å²) in [7, 11) is 0. The summed E-state index contributed by atoms with van der Waals surface area (Å²) in [5.41, 5.74) is -0.0825. The Balaban J connectivity index is 2.50. The van der Waals surface area contributed by atoms with E-state index in [0.29, 0.717) is 0 Å². The summed E-state index contributed by atoms with van der Waals surface area (Å²) in [5.74, 6) is 0.934. The van der Waals surface area contributed by atoms with E-state index in [2.05, 4.69) is 26.1 Å². The highest BCUT2D eigenvalue weighted by Gasteiger charge is 2.28. The van der Waals surface area contributed by atoms with Crippen LogP contribution in [0.2, 0.25) is 0 Å². The lowest BCUT2D eigenvalue weighted by molar-refractivity contribution is 0.0468. The molecule has 3 heteroatoms. The first-order chi connectivity index (χ1) is 7.49. The summed E-state index contributed by atoms with van der Waals surface area (Å²) in [5, 5.41) is 13.2. The van der Waals surface area contributed by atoms with Gasteiger partial charge >= 0.3 is 0 Å². The molecule has 2 N–H and O–H groups in total. The molecule has 3 atom stereocenters. The van der Waals surface area contributed by atoms with Crippen LogP contribution in [0.25, 0.3) is 0 Å². The molecule has 0 spiro atoms. The summed E-state index contributed by atoms with van der Waals surface area (Å²) in [6.45, 7) is 8.90. The molecule has 0 saturated heterocycles. The predicted octanol–water partition coefficient (Wildman–Crippen LogP) is 2.73. The maximum Gasteiger partial charge on any atom is 0.120 e. The average Bonchev–Trinajstić information content (AvgIpc) is 2.78. The van der Waals surface area contributed by atoms with E-state index in [-0.39, 0.29) is 17.6 Å². The van der Waals surface area contributed by atoms with Crippen molar-refractivity contribution >= 4 is 0 Å². The third kappa shape index (κ3) is 3.09. The van der Waals surface area contributed by atoms with Crippen molar-refractivity contribution in [1.82, 2.24) is 5.32 Å². The second-order valence-corrected chi connectivity index (χ2v) is 4.80. The van der Waals surface area contributed by atoms with Gasteiger partial charge in [-0.2, -0.15) is 0 Å². The van der Waals surface area contributed by atoms with Crippen LogP contribution in [0, 0.1) is 5.41 Å². The van der Waals surface area contributed by atoms with Crippen LogP contribution in [-0.2, 0) is 0 Å². The zero-order chi connectivity index (χ0) is 12.2. The first-order valence-corrected chi connectivity index (χ1v) is 5.94. The van der Waals surface area contributed by atoms with E-state index in [1.807, 2.05) is 19.1 Å². The van der Waals surface area contributed by atoms with Crippen LogP contribution in [0.15, 0.2) is 22.8 Å². The van der Waals surface area contributed by atoms with Crippen molar-refractivity contribution < 1.29 is 9.52 Å². The molecule has 92 valence electrons. The number of furan rings is 1. The predicted molar refractivity (Wildman–Crippen MR) is 65.2 cm³/mol. The second kappa shape index (κ2) is 5.51. The van der Waals surface area contributed by atoms with Gasteiger partial charge in [0.1, 0.15) is 5.76 Å². The Morgan fingerprint density at radius 2 is 2.19 bits per heavy atom. The smallest absolute Gasteiger partial charge is 0.120 e. The van der Waals surface area contributed by atoms with Crippen LogP contribution >= 0.6 is 0 Å². The van der Waals surface area contributed by atoms with Crippen LogP contribution in [0.3, 0.4) is 0 Å². The van der Waals surface area contributed by atoms with Gasteiger partial charge in [0, 0.05) is 12.0 Å². The lowest BCUT2D eigenvalue weighted by Gasteiger charge is -2.32. The monoisotopic (exact) mass is 225 g/mol. The highest BCUT2D eigenvalue weighted by Crippen LogP contribution is 2.26. The lowest BCUT2D eigenvalue weighted by atomic mass is 9.82. The summed E-state index contributed by atoms with van der Waals surface area (Å²) < 4.78 is 5.33. The standard InChI is InChI=1S/C13H23NO2/c1-5-13(4,11(3)15)9-14-10(2)12-7-6-8-16-12/h6-8,10-11,14-15H,5,9H2,1-4H3. The highest BCUT2D eigenvalue weighted by molar-refractivity contribution is 5.03. The van der Waals surface area contributed by atoms with Gasteiger partial charge in [-0.15, -0.1) is 0 Å². The SMILES string of the molecule is CCC(C)(CNC(C)c1ccco1)C(C)O. The summed E-state index contributed by atoms with van der Waals surface area (Å²) in [4.78, 5) is 0. The van der Waals surface area contributed by atoms with Crippen LogP contribution in [0.1, 0.15) is 45.9 Å². The van der Waals surface area contributed by atoms with E-state index in [4.69, 9.17) is 4.42 Å². The van der Waals surface area contributed by atoms with Gasteiger partial charge in [-0.1, -0.05) is 13.8 Å². The maximum atomic E-state index is 9.75. The van der Waals surface area contributed by atoms with Gasteiger partial charge in [0.15, 0.2) is 0 Å². The first-order valence-electron chi connectivity index (χ1n) is 5.94. The normalized spacial score (nSPS) is 19.1.